The van der Waals surface area contributed by atoms with Crippen LogP contribution in [-0.4, -0.2) is 27.2 Å². The van der Waals surface area contributed by atoms with Crippen molar-refractivity contribution in [1.29, 1.82) is 0 Å². The van der Waals surface area contributed by atoms with Crippen LogP contribution < -0.4 is 10.2 Å². The van der Waals surface area contributed by atoms with Crippen molar-refractivity contribution in [3.05, 3.63) is 29.8 Å². The number of benzene rings is 1. The van der Waals surface area contributed by atoms with Crippen molar-refractivity contribution in [3.63, 3.8) is 0 Å². The van der Waals surface area contributed by atoms with E-state index in [4.69, 9.17) is 0 Å². The summed E-state index contributed by atoms with van der Waals surface area (Å²) < 4.78 is 0. The summed E-state index contributed by atoms with van der Waals surface area (Å²) in [7, 11) is 4.22. The van der Waals surface area contributed by atoms with Crippen LogP contribution in [0.4, 0.5) is 5.69 Å². The van der Waals surface area contributed by atoms with Crippen molar-refractivity contribution in [2.75, 3.05) is 32.1 Å². The van der Waals surface area contributed by atoms with Gasteiger partial charge in [0, 0.05) is 19.3 Å². The van der Waals surface area contributed by atoms with Gasteiger partial charge >= 0.3 is 0 Å². The summed E-state index contributed by atoms with van der Waals surface area (Å²) in [6.07, 6.45) is 0. The lowest BCUT2D eigenvalue weighted by molar-refractivity contribution is 0.376. The zero-order valence-electron chi connectivity index (χ0n) is 13.4. The van der Waals surface area contributed by atoms with Crippen LogP contribution in [0.3, 0.4) is 0 Å². The zero-order valence-corrected chi connectivity index (χ0v) is 13.4. The highest BCUT2D eigenvalue weighted by Crippen LogP contribution is 2.21. The van der Waals surface area contributed by atoms with Gasteiger partial charge in [-0.05, 0) is 49.0 Å². The Kier molecular flexibility index (Phi) is 6.36. The normalized spacial score (nSPS) is 13.1. The molecule has 0 radical (unpaired) electrons. The number of hydrogen-bond donors (Lipinski definition) is 1. The average molecular weight is 262 g/mol. The molecule has 0 saturated carbocycles. The van der Waals surface area contributed by atoms with Gasteiger partial charge in [0.05, 0.1) is 0 Å². The van der Waals surface area contributed by atoms with Crippen LogP contribution in [0, 0.1) is 11.8 Å². The molecule has 0 fully saturated rings. The van der Waals surface area contributed by atoms with Crippen LogP contribution in [0.2, 0.25) is 0 Å². The quantitative estimate of drug-likeness (QED) is 0.805. The third-order valence-corrected chi connectivity index (χ3v) is 3.92. The Labute approximate surface area is 119 Å². The first-order valence-electron chi connectivity index (χ1n) is 7.41. The summed E-state index contributed by atoms with van der Waals surface area (Å²) in [4.78, 5) is 2.37. The molecular formula is C17H30N2. The fourth-order valence-corrected chi connectivity index (χ4v) is 2.34. The molecule has 0 aromatic heterocycles. The van der Waals surface area contributed by atoms with Crippen LogP contribution in [-0.2, 0) is 0 Å². The van der Waals surface area contributed by atoms with Gasteiger partial charge in [-0.25, -0.2) is 0 Å². The summed E-state index contributed by atoms with van der Waals surface area (Å²) in [6.45, 7) is 11.3. The van der Waals surface area contributed by atoms with E-state index in [0.717, 1.165) is 13.1 Å². The number of nitrogens with zero attached hydrogens (tertiary/aromatic N) is 1. The second-order valence-electron chi connectivity index (χ2n) is 6.19. The van der Waals surface area contributed by atoms with E-state index in [2.05, 4.69) is 69.2 Å². The molecule has 0 saturated heterocycles. The number of nitrogens with one attached hydrogen (secondary N) is 1. The molecule has 0 aliphatic rings. The van der Waals surface area contributed by atoms with Gasteiger partial charge in [0.25, 0.3) is 0 Å². The predicted octanol–water partition coefficient (Wildman–Crippen LogP) is 3.74. The predicted molar refractivity (Wildman–Crippen MR) is 86.1 cm³/mol. The standard InChI is InChI=1S/C17H30N2/c1-13(2)15-7-9-17(10-8-15)19(6)12-16(11-18-5)14(3)4/h7-10,13-14,16,18H,11-12H2,1-6H3. The van der Waals surface area contributed by atoms with Gasteiger partial charge in [0.1, 0.15) is 0 Å². The Morgan fingerprint density at radius 2 is 1.63 bits per heavy atom. The molecule has 1 N–H and O–H groups in total. The minimum Gasteiger partial charge on any atom is -0.374 e. The monoisotopic (exact) mass is 262 g/mol. The fourth-order valence-electron chi connectivity index (χ4n) is 2.34. The van der Waals surface area contributed by atoms with E-state index < -0.39 is 0 Å². The molecule has 0 aliphatic heterocycles. The fraction of sp³-hybridized carbons (Fsp3) is 0.647. The molecule has 1 aromatic rings. The zero-order chi connectivity index (χ0) is 14.4. The molecule has 0 amide bonds. The van der Waals surface area contributed by atoms with Gasteiger partial charge in [-0.1, -0.05) is 39.8 Å². The van der Waals surface area contributed by atoms with Gasteiger partial charge < -0.3 is 10.2 Å². The van der Waals surface area contributed by atoms with E-state index >= 15 is 0 Å². The van der Waals surface area contributed by atoms with Crippen molar-refractivity contribution >= 4 is 5.69 Å². The summed E-state index contributed by atoms with van der Waals surface area (Å²) in [6, 6.07) is 8.98. The van der Waals surface area contributed by atoms with E-state index in [1.54, 1.807) is 0 Å². The van der Waals surface area contributed by atoms with Crippen LogP contribution >= 0.6 is 0 Å². The second kappa shape index (κ2) is 7.54. The summed E-state index contributed by atoms with van der Waals surface area (Å²) in [5.41, 5.74) is 2.72. The van der Waals surface area contributed by atoms with Gasteiger partial charge in [-0.15, -0.1) is 0 Å². The Bertz CT molecular complexity index is 354. The minimum atomic E-state index is 0.604. The van der Waals surface area contributed by atoms with E-state index in [9.17, 15) is 0 Å². The lowest BCUT2D eigenvalue weighted by Gasteiger charge is -2.28. The Balaban J connectivity index is 2.68. The Morgan fingerprint density at radius 1 is 1.05 bits per heavy atom. The molecule has 1 unspecified atom stereocenters. The largest absolute Gasteiger partial charge is 0.374 e. The van der Waals surface area contributed by atoms with Crippen molar-refractivity contribution < 1.29 is 0 Å². The highest BCUT2D eigenvalue weighted by Gasteiger charge is 2.15. The number of rotatable bonds is 7. The molecule has 0 bridgehead atoms. The highest BCUT2D eigenvalue weighted by molar-refractivity contribution is 5.47. The van der Waals surface area contributed by atoms with E-state index in [1.807, 2.05) is 7.05 Å². The number of anilines is 1. The highest BCUT2D eigenvalue weighted by atomic mass is 15.1. The maximum Gasteiger partial charge on any atom is 0.0363 e. The molecule has 2 nitrogen and oxygen atoms in total. The number of hydrogen-bond acceptors (Lipinski definition) is 2. The van der Waals surface area contributed by atoms with Crippen LogP contribution in [0.1, 0.15) is 39.2 Å². The first kappa shape index (κ1) is 16.0. The third-order valence-electron chi connectivity index (χ3n) is 3.92. The Hall–Kier alpha value is -1.02. The third kappa shape index (κ3) is 4.87. The van der Waals surface area contributed by atoms with Crippen molar-refractivity contribution in [3.8, 4) is 0 Å². The van der Waals surface area contributed by atoms with E-state index in [0.29, 0.717) is 17.8 Å². The summed E-state index contributed by atoms with van der Waals surface area (Å²) >= 11 is 0. The molecule has 1 atom stereocenters. The summed E-state index contributed by atoms with van der Waals surface area (Å²) in [5, 5.41) is 3.30. The van der Waals surface area contributed by atoms with Crippen LogP contribution in [0.15, 0.2) is 24.3 Å². The van der Waals surface area contributed by atoms with Crippen LogP contribution in [0.5, 0.6) is 0 Å². The minimum absolute atomic E-state index is 0.604. The Morgan fingerprint density at radius 3 is 2.05 bits per heavy atom. The summed E-state index contributed by atoms with van der Waals surface area (Å²) in [5.74, 6) is 1.98. The molecule has 0 heterocycles. The van der Waals surface area contributed by atoms with Crippen molar-refractivity contribution in [1.82, 2.24) is 5.32 Å². The molecule has 2 heteroatoms. The lowest BCUT2D eigenvalue weighted by Crippen LogP contribution is -2.34. The maximum absolute atomic E-state index is 3.30. The smallest absolute Gasteiger partial charge is 0.0363 e. The van der Waals surface area contributed by atoms with Gasteiger partial charge in [-0.3, -0.25) is 0 Å². The molecule has 108 valence electrons. The first-order valence-corrected chi connectivity index (χ1v) is 7.41. The molecular weight excluding hydrogens is 232 g/mol. The maximum atomic E-state index is 3.30. The average Bonchev–Trinajstić information content (AvgIpc) is 2.38. The van der Waals surface area contributed by atoms with Gasteiger partial charge in [0.15, 0.2) is 0 Å². The van der Waals surface area contributed by atoms with Gasteiger partial charge in [-0.2, -0.15) is 0 Å². The SMILES string of the molecule is CNCC(CN(C)c1ccc(C(C)C)cc1)C(C)C. The lowest BCUT2D eigenvalue weighted by atomic mass is 9.95. The second-order valence-corrected chi connectivity index (χ2v) is 6.19. The van der Waals surface area contributed by atoms with Crippen molar-refractivity contribution in [2.24, 2.45) is 11.8 Å². The molecule has 1 rings (SSSR count). The first-order chi connectivity index (χ1) is 8.95. The van der Waals surface area contributed by atoms with E-state index in [1.165, 1.54) is 11.3 Å². The molecule has 0 aliphatic carbocycles. The van der Waals surface area contributed by atoms with Crippen LogP contribution in [0.25, 0.3) is 0 Å². The molecule has 1 aromatic carbocycles. The van der Waals surface area contributed by atoms with Gasteiger partial charge in [0.2, 0.25) is 0 Å². The topological polar surface area (TPSA) is 15.3 Å². The van der Waals surface area contributed by atoms with E-state index in [-0.39, 0.29) is 0 Å². The van der Waals surface area contributed by atoms with Crippen molar-refractivity contribution in [2.45, 2.75) is 33.6 Å². The molecule has 0 spiro atoms. The molecule has 19 heavy (non-hydrogen) atoms.